The van der Waals surface area contributed by atoms with E-state index < -0.39 is 7.60 Å². The van der Waals surface area contributed by atoms with Crippen molar-refractivity contribution in [1.82, 2.24) is 4.57 Å². The van der Waals surface area contributed by atoms with Gasteiger partial charge in [0.25, 0.3) is 0 Å². The predicted octanol–water partition coefficient (Wildman–Crippen LogP) is 4.68. The average molecular weight is 411 g/mol. The maximum atomic E-state index is 13.6. The number of nitrogens with zero attached hydrogens (tertiary/aromatic N) is 1. The van der Waals surface area contributed by atoms with E-state index in [1.807, 2.05) is 42.5 Å². The number of rotatable bonds is 7. The largest absolute Gasteiger partial charge is 0.497 e. The molecule has 5 nitrogen and oxygen atoms in total. The van der Waals surface area contributed by atoms with E-state index in [0.29, 0.717) is 5.44 Å². The number of fused-ring (bicyclic) bond motifs is 1. The van der Waals surface area contributed by atoms with Crippen molar-refractivity contribution in [3.8, 4) is 11.4 Å². The van der Waals surface area contributed by atoms with Crippen molar-refractivity contribution in [2.45, 2.75) is 25.7 Å². The van der Waals surface area contributed by atoms with Crippen LogP contribution in [0.15, 0.2) is 54.6 Å². The fraction of sp³-hybridized carbons (Fsp3) is 0.304. The van der Waals surface area contributed by atoms with Crippen LogP contribution in [0.4, 0.5) is 0 Å². The van der Waals surface area contributed by atoms with Gasteiger partial charge in [0.15, 0.2) is 0 Å². The summed E-state index contributed by atoms with van der Waals surface area (Å²) >= 11 is 0. The van der Waals surface area contributed by atoms with Gasteiger partial charge >= 0.3 is 7.60 Å². The molecule has 2 aromatic carbocycles. The molecule has 0 amide bonds. The zero-order valence-corrected chi connectivity index (χ0v) is 17.9. The number of aromatic nitrogens is 1. The standard InChI is InChI=1S/C23H26NO4P/c1-26-19-14-12-18(13-15-19)24-22(16-17-8-5-4-6-9-17)20-10-7-11-21(20)23(24)29(25,27-2)28-3/h4-6,8-9,12-15H,7,10-11,16H2,1-3H3. The summed E-state index contributed by atoms with van der Waals surface area (Å²) in [7, 11) is 1.10. The second-order valence-electron chi connectivity index (χ2n) is 7.14. The molecule has 4 rings (SSSR count). The van der Waals surface area contributed by atoms with Crippen molar-refractivity contribution in [3.63, 3.8) is 0 Å². The van der Waals surface area contributed by atoms with E-state index in [-0.39, 0.29) is 0 Å². The Morgan fingerprint density at radius 1 is 0.897 bits per heavy atom. The quantitative estimate of drug-likeness (QED) is 0.530. The van der Waals surface area contributed by atoms with Crippen molar-refractivity contribution >= 4 is 13.0 Å². The number of ether oxygens (including phenoxy) is 1. The van der Waals surface area contributed by atoms with Crippen molar-refractivity contribution < 1.29 is 18.3 Å². The summed E-state index contributed by atoms with van der Waals surface area (Å²) in [6.07, 6.45) is 3.66. The van der Waals surface area contributed by atoms with Crippen LogP contribution in [-0.2, 0) is 32.9 Å². The molecule has 1 aromatic heterocycles. The predicted molar refractivity (Wildman–Crippen MR) is 115 cm³/mol. The molecule has 0 bridgehead atoms. The molecule has 1 aliphatic rings. The lowest BCUT2D eigenvalue weighted by Gasteiger charge is -2.20. The molecule has 0 saturated heterocycles. The van der Waals surface area contributed by atoms with Crippen LogP contribution in [0.2, 0.25) is 0 Å². The summed E-state index contributed by atoms with van der Waals surface area (Å²) in [6, 6.07) is 18.2. The SMILES string of the molecule is COc1ccc(-n2c(Cc3ccccc3)c3c(c2P(=O)(OC)OC)CCC3)cc1. The molecule has 0 unspecified atom stereocenters. The van der Waals surface area contributed by atoms with E-state index in [1.165, 1.54) is 25.3 Å². The molecular weight excluding hydrogens is 385 g/mol. The molecule has 0 spiro atoms. The van der Waals surface area contributed by atoms with E-state index in [0.717, 1.165) is 48.4 Å². The van der Waals surface area contributed by atoms with Gasteiger partial charge in [-0.25, -0.2) is 0 Å². The fourth-order valence-electron chi connectivity index (χ4n) is 4.23. The highest BCUT2D eigenvalue weighted by Crippen LogP contribution is 2.49. The van der Waals surface area contributed by atoms with Crippen LogP contribution in [0.25, 0.3) is 5.69 Å². The van der Waals surface area contributed by atoms with Crippen LogP contribution < -0.4 is 10.2 Å². The van der Waals surface area contributed by atoms with E-state index >= 15 is 0 Å². The maximum absolute atomic E-state index is 13.6. The summed E-state index contributed by atoms with van der Waals surface area (Å²) in [5.74, 6) is 0.779. The first kappa shape index (κ1) is 20.0. The minimum atomic E-state index is -3.45. The third-order valence-corrected chi connectivity index (χ3v) is 7.55. The molecule has 1 aliphatic carbocycles. The number of hydrogen-bond acceptors (Lipinski definition) is 4. The average Bonchev–Trinajstić information content (AvgIpc) is 3.36. The zero-order valence-electron chi connectivity index (χ0n) is 17.1. The third kappa shape index (κ3) is 3.55. The van der Waals surface area contributed by atoms with Crippen LogP contribution in [0.3, 0.4) is 0 Å². The van der Waals surface area contributed by atoms with Crippen LogP contribution in [0.1, 0.15) is 28.8 Å². The monoisotopic (exact) mass is 411 g/mol. The van der Waals surface area contributed by atoms with E-state index in [1.54, 1.807) is 7.11 Å². The highest BCUT2D eigenvalue weighted by Gasteiger charge is 2.38. The van der Waals surface area contributed by atoms with Crippen LogP contribution >= 0.6 is 7.60 Å². The van der Waals surface area contributed by atoms with Gasteiger partial charge in [0.1, 0.15) is 11.2 Å². The minimum Gasteiger partial charge on any atom is -0.497 e. The highest BCUT2D eigenvalue weighted by atomic mass is 31.2. The van der Waals surface area contributed by atoms with E-state index in [2.05, 4.69) is 16.7 Å². The third-order valence-electron chi connectivity index (χ3n) is 5.60. The van der Waals surface area contributed by atoms with Crippen molar-refractivity contribution in [3.05, 3.63) is 77.0 Å². The summed E-state index contributed by atoms with van der Waals surface area (Å²) in [4.78, 5) is 0. The van der Waals surface area contributed by atoms with Gasteiger partial charge in [-0.1, -0.05) is 30.3 Å². The van der Waals surface area contributed by atoms with Crippen molar-refractivity contribution in [2.75, 3.05) is 21.3 Å². The van der Waals surface area contributed by atoms with Crippen LogP contribution in [0, 0.1) is 0 Å². The van der Waals surface area contributed by atoms with Gasteiger partial charge in [0.2, 0.25) is 0 Å². The van der Waals surface area contributed by atoms with Crippen LogP contribution in [-0.4, -0.2) is 25.9 Å². The fourth-order valence-corrected chi connectivity index (χ4v) is 5.78. The highest BCUT2D eigenvalue weighted by molar-refractivity contribution is 7.62. The van der Waals surface area contributed by atoms with Gasteiger partial charge in [-0.05, 0) is 60.2 Å². The Balaban J connectivity index is 1.97. The Labute approximate surface area is 171 Å². The number of hydrogen-bond donors (Lipinski definition) is 0. The zero-order chi connectivity index (χ0) is 20.4. The van der Waals surface area contributed by atoms with E-state index in [9.17, 15) is 4.57 Å². The van der Waals surface area contributed by atoms with Gasteiger partial charge < -0.3 is 18.4 Å². The minimum absolute atomic E-state index is 0.658. The smallest absolute Gasteiger partial charge is 0.377 e. The molecule has 0 atom stereocenters. The Morgan fingerprint density at radius 3 is 2.17 bits per heavy atom. The molecule has 0 fully saturated rings. The first-order valence-corrected chi connectivity index (χ1v) is 11.3. The second-order valence-corrected chi connectivity index (χ2v) is 9.29. The van der Waals surface area contributed by atoms with Crippen LogP contribution in [0.5, 0.6) is 5.75 Å². The Hall–Kier alpha value is -2.33. The molecule has 152 valence electrons. The van der Waals surface area contributed by atoms with Gasteiger partial charge in [-0.3, -0.25) is 4.57 Å². The van der Waals surface area contributed by atoms with E-state index in [4.69, 9.17) is 13.8 Å². The Kier molecular flexibility index (Phi) is 5.64. The maximum Gasteiger partial charge on any atom is 0.377 e. The first-order chi connectivity index (χ1) is 14.1. The molecule has 0 N–H and O–H groups in total. The molecule has 3 aromatic rings. The van der Waals surface area contributed by atoms with Gasteiger partial charge in [-0.2, -0.15) is 0 Å². The number of methoxy groups -OCH3 is 1. The van der Waals surface area contributed by atoms with Gasteiger partial charge in [0, 0.05) is 32.0 Å². The second kappa shape index (κ2) is 8.19. The molecule has 0 saturated carbocycles. The lowest BCUT2D eigenvalue weighted by atomic mass is 10.1. The molecule has 0 radical (unpaired) electrons. The topological polar surface area (TPSA) is 49.7 Å². The summed E-state index contributed by atoms with van der Waals surface area (Å²) < 4.78 is 31.9. The summed E-state index contributed by atoms with van der Waals surface area (Å²) in [5, 5.41) is 0. The molecule has 29 heavy (non-hydrogen) atoms. The van der Waals surface area contributed by atoms with Crippen molar-refractivity contribution in [2.24, 2.45) is 0 Å². The number of benzene rings is 2. The van der Waals surface area contributed by atoms with Gasteiger partial charge in [0.05, 0.1) is 7.11 Å². The first-order valence-electron chi connectivity index (χ1n) is 9.77. The summed E-state index contributed by atoms with van der Waals surface area (Å²) in [6.45, 7) is 0. The lowest BCUT2D eigenvalue weighted by molar-refractivity contribution is 0.286. The Morgan fingerprint density at radius 2 is 1.55 bits per heavy atom. The van der Waals surface area contributed by atoms with Crippen molar-refractivity contribution in [1.29, 1.82) is 0 Å². The lowest BCUT2D eigenvalue weighted by Crippen LogP contribution is -2.22. The molecule has 0 aliphatic heterocycles. The Bertz CT molecular complexity index is 1030. The molecular formula is C23H26NO4P. The normalized spacial score (nSPS) is 13.5. The van der Waals surface area contributed by atoms with Gasteiger partial charge in [-0.15, -0.1) is 0 Å². The molecule has 1 heterocycles. The summed E-state index contributed by atoms with van der Waals surface area (Å²) in [5.41, 5.74) is 6.33. The molecule has 6 heteroatoms.